The molecule has 3 rings (SSSR count). The van der Waals surface area contributed by atoms with E-state index in [1.165, 1.54) is 11.8 Å². The Morgan fingerprint density at radius 1 is 1.27 bits per heavy atom. The molecule has 2 fully saturated rings. The van der Waals surface area contributed by atoms with E-state index >= 15 is 0 Å². The molecule has 1 saturated heterocycles. The average Bonchev–Trinajstić information content (AvgIpc) is 2.72. The summed E-state index contributed by atoms with van der Waals surface area (Å²) in [5, 5.41) is 14.2. The zero-order chi connectivity index (χ0) is 18.4. The molecule has 1 saturated carbocycles. The summed E-state index contributed by atoms with van der Waals surface area (Å²) in [6.45, 7) is 2.89. The maximum atomic E-state index is 7.61. The van der Waals surface area contributed by atoms with Crippen molar-refractivity contribution in [1.82, 2.24) is 10.0 Å². The van der Waals surface area contributed by atoms with Crippen LogP contribution in [0.5, 0.6) is 0 Å². The Bertz CT molecular complexity index is 589. The second-order valence-corrected chi connectivity index (χ2v) is 7.79. The van der Waals surface area contributed by atoms with Crippen LogP contribution >= 0.6 is 12.8 Å². The van der Waals surface area contributed by atoms with Crippen molar-refractivity contribution in [2.24, 2.45) is 5.92 Å². The number of nitrogens with one attached hydrogen (secondary N) is 4. The van der Waals surface area contributed by atoms with Gasteiger partial charge >= 0.3 is 0 Å². The predicted octanol–water partition coefficient (Wildman–Crippen LogP) is 3.18. The fourth-order valence-corrected chi connectivity index (χ4v) is 4.61. The van der Waals surface area contributed by atoms with Gasteiger partial charge in [0.15, 0.2) is 0 Å². The van der Waals surface area contributed by atoms with Gasteiger partial charge in [0.1, 0.15) is 0 Å². The van der Waals surface area contributed by atoms with E-state index in [9.17, 15) is 0 Å². The minimum atomic E-state index is 0.382. The Balaban J connectivity index is 1.49. The topological polar surface area (TPSA) is 69.2 Å². The molecule has 5 nitrogen and oxygen atoms in total. The number of anilines is 1. The second kappa shape index (κ2) is 9.74. The van der Waals surface area contributed by atoms with Gasteiger partial charge in [-0.15, -0.1) is 0 Å². The molecule has 2 aliphatic rings. The Labute approximate surface area is 162 Å². The third-order valence-electron chi connectivity index (χ3n) is 5.97. The van der Waals surface area contributed by atoms with Gasteiger partial charge in [0.2, 0.25) is 0 Å². The second-order valence-electron chi connectivity index (χ2n) is 7.54. The molecule has 0 bridgehead atoms. The largest absolute Gasteiger partial charge is 0.388 e. The van der Waals surface area contributed by atoms with Gasteiger partial charge < -0.3 is 20.8 Å². The first-order valence-corrected chi connectivity index (χ1v) is 10.2. The number of piperidine rings is 1. The first-order chi connectivity index (χ1) is 12.7. The number of hydrogen-bond acceptors (Lipinski definition) is 6. The molecule has 0 spiro atoms. The molecule has 2 atom stereocenters. The lowest BCUT2D eigenvalue weighted by molar-refractivity contribution is -0.00382. The van der Waals surface area contributed by atoms with Crippen molar-refractivity contribution in [3.8, 4) is 0 Å². The van der Waals surface area contributed by atoms with Crippen LogP contribution in [-0.4, -0.2) is 45.1 Å². The highest BCUT2D eigenvalue weighted by Crippen LogP contribution is 2.35. The minimum absolute atomic E-state index is 0.382. The summed E-state index contributed by atoms with van der Waals surface area (Å²) < 4.78 is 9.40. The van der Waals surface area contributed by atoms with Crippen LogP contribution in [0.3, 0.4) is 0 Å². The molecule has 1 unspecified atom stereocenters. The third-order valence-corrected chi connectivity index (χ3v) is 6.30. The molecular weight excluding hydrogens is 344 g/mol. The number of hydrogen-bond donors (Lipinski definition) is 5. The molecular formula is C20H32N4OS. The summed E-state index contributed by atoms with van der Waals surface area (Å²) in [5.41, 5.74) is 3.35. The van der Waals surface area contributed by atoms with Crippen molar-refractivity contribution < 1.29 is 4.74 Å². The van der Waals surface area contributed by atoms with Crippen LogP contribution in [0.2, 0.25) is 0 Å². The molecule has 1 heterocycles. The Morgan fingerprint density at radius 3 is 2.77 bits per heavy atom. The van der Waals surface area contributed by atoms with Crippen LogP contribution in [0.15, 0.2) is 18.2 Å². The first kappa shape index (κ1) is 19.7. The lowest BCUT2D eigenvalue weighted by Gasteiger charge is -2.34. The van der Waals surface area contributed by atoms with Crippen molar-refractivity contribution in [3.63, 3.8) is 0 Å². The highest BCUT2D eigenvalue weighted by Gasteiger charge is 2.27. The van der Waals surface area contributed by atoms with E-state index in [1.54, 1.807) is 0 Å². The highest BCUT2D eigenvalue weighted by molar-refractivity contribution is 7.78. The lowest BCUT2D eigenvalue weighted by atomic mass is 9.82. The third kappa shape index (κ3) is 4.80. The zero-order valence-corrected chi connectivity index (χ0v) is 16.5. The molecule has 6 heteroatoms. The van der Waals surface area contributed by atoms with Gasteiger partial charge in [0.05, 0.1) is 12.7 Å². The van der Waals surface area contributed by atoms with E-state index in [0.29, 0.717) is 24.0 Å². The molecule has 144 valence electrons. The van der Waals surface area contributed by atoms with Crippen molar-refractivity contribution in [2.45, 2.75) is 50.2 Å². The average molecular weight is 377 g/mol. The van der Waals surface area contributed by atoms with Crippen LogP contribution in [-0.2, 0) is 4.74 Å². The Kier molecular flexibility index (Phi) is 7.37. The van der Waals surface area contributed by atoms with E-state index in [2.05, 4.69) is 46.4 Å². The summed E-state index contributed by atoms with van der Waals surface area (Å²) >= 11 is 4.27. The lowest BCUT2D eigenvalue weighted by Crippen LogP contribution is -2.47. The summed E-state index contributed by atoms with van der Waals surface area (Å²) in [6.07, 6.45) is 7.51. The van der Waals surface area contributed by atoms with E-state index < -0.39 is 0 Å². The maximum Gasteiger partial charge on any atom is 0.0575 e. The molecule has 1 aliphatic carbocycles. The molecule has 0 amide bonds. The normalized spacial score (nSPS) is 29.3. The fourth-order valence-electron chi connectivity index (χ4n) is 4.27. The SMILES string of the molecule is CNc1ccc(C2CCC(OC[C@@H]3CNCCC3NS)CC2)cc1C=N. The minimum Gasteiger partial charge on any atom is -0.388 e. The number of thiol groups is 1. The van der Waals surface area contributed by atoms with Gasteiger partial charge in [0.25, 0.3) is 0 Å². The molecule has 26 heavy (non-hydrogen) atoms. The van der Waals surface area contributed by atoms with Crippen LogP contribution in [0.1, 0.15) is 49.1 Å². The van der Waals surface area contributed by atoms with Gasteiger partial charge in [-0.25, -0.2) is 0 Å². The van der Waals surface area contributed by atoms with Crippen molar-refractivity contribution in [1.29, 1.82) is 5.41 Å². The van der Waals surface area contributed by atoms with Crippen LogP contribution in [0.4, 0.5) is 5.69 Å². The fraction of sp³-hybridized carbons (Fsp3) is 0.650. The van der Waals surface area contributed by atoms with Gasteiger partial charge in [0, 0.05) is 43.0 Å². The summed E-state index contributed by atoms with van der Waals surface area (Å²) in [7, 11) is 1.90. The molecule has 0 radical (unpaired) electrons. The highest BCUT2D eigenvalue weighted by atomic mass is 32.1. The van der Waals surface area contributed by atoms with Crippen LogP contribution in [0.25, 0.3) is 0 Å². The first-order valence-electron chi connectivity index (χ1n) is 9.79. The number of benzene rings is 1. The van der Waals surface area contributed by atoms with E-state index in [-0.39, 0.29) is 0 Å². The Morgan fingerprint density at radius 2 is 2.08 bits per heavy atom. The van der Waals surface area contributed by atoms with Crippen molar-refractivity contribution in [3.05, 3.63) is 29.3 Å². The quantitative estimate of drug-likeness (QED) is 0.374. The zero-order valence-electron chi connectivity index (χ0n) is 15.6. The smallest absolute Gasteiger partial charge is 0.0575 e. The van der Waals surface area contributed by atoms with Crippen molar-refractivity contribution in [2.75, 3.05) is 32.1 Å². The predicted molar refractivity (Wildman–Crippen MR) is 112 cm³/mol. The molecule has 1 aromatic carbocycles. The Hall–Kier alpha value is -1.08. The molecule has 1 aliphatic heterocycles. The molecule has 1 aromatic rings. The van der Waals surface area contributed by atoms with Crippen molar-refractivity contribution >= 4 is 24.7 Å². The van der Waals surface area contributed by atoms with Crippen LogP contribution < -0.4 is 15.4 Å². The monoisotopic (exact) mass is 376 g/mol. The summed E-state index contributed by atoms with van der Waals surface area (Å²) in [5.74, 6) is 1.09. The maximum absolute atomic E-state index is 7.61. The van der Waals surface area contributed by atoms with E-state index in [1.807, 2.05) is 7.05 Å². The molecule has 4 N–H and O–H groups in total. The van der Waals surface area contributed by atoms with Crippen LogP contribution in [0, 0.1) is 11.3 Å². The molecule has 0 aromatic heterocycles. The van der Waals surface area contributed by atoms with E-state index in [0.717, 1.165) is 63.1 Å². The summed E-state index contributed by atoms with van der Waals surface area (Å²) in [4.78, 5) is 0. The van der Waals surface area contributed by atoms with Gasteiger partial charge in [-0.05, 0) is 62.3 Å². The number of rotatable bonds is 7. The van der Waals surface area contributed by atoms with Gasteiger partial charge in [-0.2, -0.15) is 0 Å². The summed E-state index contributed by atoms with van der Waals surface area (Å²) in [6, 6.07) is 6.92. The van der Waals surface area contributed by atoms with Gasteiger partial charge in [-0.3, -0.25) is 4.72 Å². The van der Waals surface area contributed by atoms with Gasteiger partial charge in [-0.1, -0.05) is 18.9 Å². The van der Waals surface area contributed by atoms with E-state index in [4.69, 9.17) is 10.1 Å². The number of ether oxygens (including phenoxy) is 1. The standard InChI is InChI=1S/C20H32N4OS/c1-22-19-7-4-15(10-16(19)11-21)14-2-5-18(6-3-14)25-13-17-12-23-9-8-20(17)24-26/h4,7,10-11,14,17-18,20-24,26H,2-3,5-6,8-9,12-13H2,1H3/t14?,17-,18?,20?/m0/s1.